The van der Waals surface area contributed by atoms with Gasteiger partial charge in [-0.2, -0.15) is 0 Å². The third kappa shape index (κ3) is 4.78. The van der Waals surface area contributed by atoms with Gasteiger partial charge in [0.25, 0.3) is 0 Å². The Bertz CT molecular complexity index is 436. The van der Waals surface area contributed by atoms with Gasteiger partial charge in [-0.25, -0.2) is 0 Å². The van der Waals surface area contributed by atoms with E-state index in [4.69, 9.17) is 14.2 Å². The average molecular weight is 339 g/mol. The van der Waals surface area contributed by atoms with Crippen molar-refractivity contribution in [3.63, 3.8) is 0 Å². The first kappa shape index (κ1) is 16.4. The van der Waals surface area contributed by atoms with E-state index in [1.807, 2.05) is 12.1 Å². The zero-order valence-electron chi connectivity index (χ0n) is 11.4. The van der Waals surface area contributed by atoms with Crippen molar-refractivity contribution in [3.05, 3.63) is 55.7 Å². The van der Waals surface area contributed by atoms with Crippen molar-refractivity contribution in [2.75, 3.05) is 19.8 Å². The summed E-state index contributed by atoms with van der Waals surface area (Å²) in [6, 6.07) is 3.83. The maximum Gasteiger partial charge on any atom is 0.203 e. The second-order valence-electron chi connectivity index (χ2n) is 3.85. The van der Waals surface area contributed by atoms with Crippen LogP contribution in [0.2, 0.25) is 0 Å². The van der Waals surface area contributed by atoms with Gasteiger partial charge in [0, 0.05) is 5.33 Å². The van der Waals surface area contributed by atoms with Crippen LogP contribution in [0.1, 0.15) is 5.56 Å². The molecular formula is C16H19BrO3. The molecular weight excluding hydrogens is 320 g/mol. The molecule has 0 N–H and O–H groups in total. The van der Waals surface area contributed by atoms with Gasteiger partial charge in [0.1, 0.15) is 19.8 Å². The minimum atomic E-state index is 0.378. The third-order valence-corrected chi connectivity index (χ3v) is 2.94. The van der Waals surface area contributed by atoms with Gasteiger partial charge < -0.3 is 14.2 Å². The smallest absolute Gasteiger partial charge is 0.203 e. The van der Waals surface area contributed by atoms with Crippen molar-refractivity contribution in [2.45, 2.75) is 5.33 Å². The van der Waals surface area contributed by atoms with Gasteiger partial charge in [-0.3, -0.25) is 0 Å². The van der Waals surface area contributed by atoms with Gasteiger partial charge in [0.2, 0.25) is 5.75 Å². The summed E-state index contributed by atoms with van der Waals surface area (Å²) in [5, 5.41) is 0.698. The minimum absolute atomic E-state index is 0.378. The number of hydrogen-bond donors (Lipinski definition) is 0. The fraction of sp³-hybridized carbons (Fsp3) is 0.250. The molecule has 0 atom stereocenters. The van der Waals surface area contributed by atoms with E-state index >= 15 is 0 Å². The highest BCUT2D eigenvalue weighted by Crippen LogP contribution is 2.39. The Morgan fingerprint density at radius 2 is 1.30 bits per heavy atom. The van der Waals surface area contributed by atoms with Gasteiger partial charge in [0.05, 0.1) is 0 Å². The van der Waals surface area contributed by atoms with Crippen molar-refractivity contribution in [3.8, 4) is 17.2 Å². The van der Waals surface area contributed by atoms with Crippen LogP contribution in [0.25, 0.3) is 0 Å². The number of alkyl halides is 1. The second-order valence-corrected chi connectivity index (χ2v) is 4.41. The standard InChI is InChI=1S/C16H19BrO3/c1-4-7-18-14-10-13(12-17)11-15(19-8-5-2)16(14)20-9-6-3/h4-6,10-11H,1-3,7-9,12H2. The Hall–Kier alpha value is -1.68. The molecule has 0 aliphatic carbocycles. The molecule has 1 rings (SSSR count). The lowest BCUT2D eigenvalue weighted by Gasteiger charge is -2.16. The Labute approximate surface area is 128 Å². The first-order chi connectivity index (χ1) is 9.76. The van der Waals surface area contributed by atoms with Gasteiger partial charge in [-0.1, -0.05) is 53.9 Å². The van der Waals surface area contributed by atoms with Crippen molar-refractivity contribution in [2.24, 2.45) is 0 Å². The lowest BCUT2D eigenvalue weighted by molar-refractivity contribution is 0.279. The van der Waals surface area contributed by atoms with Crippen LogP contribution in [-0.2, 0) is 5.33 Å². The highest BCUT2D eigenvalue weighted by Gasteiger charge is 2.14. The first-order valence-corrected chi connectivity index (χ1v) is 7.32. The molecule has 108 valence electrons. The van der Waals surface area contributed by atoms with Crippen molar-refractivity contribution in [1.82, 2.24) is 0 Å². The Morgan fingerprint density at radius 3 is 1.70 bits per heavy atom. The molecule has 3 nitrogen and oxygen atoms in total. The summed E-state index contributed by atoms with van der Waals surface area (Å²) < 4.78 is 16.9. The number of benzene rings is 1. The second kappa shape index (κ2) is 9.26. The van der Waals surface area contributed by atoms with Crippen LogP contribution in [0.3, 0.4) is 0 Å². The molecule has 0 aromatic heterocycles. The molecule has 0 radical (unpaired) electrons. The minimum Gasteiger partial charge on any atom is -0.485 e. The zero-order valence-corrected chi connectivity index (χ0v) is 13.0. The molecule has 0 saturated heterocycles. The van der Waals surface area contributed by atoms with Crippen LogP contribution < -0.4 is 14.2 Å². The van der Waals surface area contributed by atoms with Gasteiger partial charge in [-0.05, 0) is 17.7 Å². The van der Waals surface area contributed by atoms with E-state index < -0.39 is 0 Å². The van der Waals surface area contributed by atoms with Crippen LogP contribution in [0.5, 0.6) is 17.2 Å². The van der Waals surface area contributed by atoms with Gasteiger partial charge >= 0.3 is 0 Å². The van der Waals surface area contributed by atoms with E-state index in [0.717, 1.165) is 5.56 Å². The summed E-state index contributed by atoms with van der Waals surface area (Å²) in [5.41, 5.74) is 1.04. The van der Waals surface area contributed by atoms with E-state index in [1.165, 1.54) is 0 Å². The molecule has 0 bridgehead atoms. The summed E-state index contributed by atoms with van der Waals surface area (Å²) in [6.07, 6.45) is 5.04. The van der Waals surface area contributed by atoms with Crippen molar-refractivity contribution >= 4 is 15.9 Å². The Balaban J connectivity index is 3.15. The molecule has 1 aromatic carbocycles. The lowest BCUT2D eigenvalue weighted by Crippen LogP contribution is -2.04. The molecule has 0 unspecified atom stereocenters. The molecule has 0 amide bonds. The maximum atomic E-state index is 5.66. The Kier molecular flexibility index (Phi) is 7.58. The quantitative estimate of drug-likeness (QED) is 0.470. The fourth-order valence-corrected chi connectivity index (χ4v) is 1.83. The Morgan fingerprint density at radius 1 is 0.850 bits per heavy atom. The predicted octanol–water partition coefficient (Wildman–Crippen LogP) is 4.28. The number of ether oxygens (including phenoxy) is 3. The van der Waals surface area contributed by atoms with Crippen LogP contribution in [0.4, 0.5) is 0 Å². The van der Waals surface area contributed by atoms with E-state index in [2.05, 4.69) is 35.7 Å². The number of rotatable bonds is 10. The average Bonchev–Trinajstić information content (AvgIpc) is 2.48. The van der Waals surface area contributed by atoms with Crippen LogP contribution in [0.15, 0.2) is 50.1 Å². The molecule has 0 heterocycles. The van der Waals surface area contributed by atoms with Crippen molar-refractivity contribution in [1.29, 1.82) is 0 Å². The van der Waals surface area contributed by atoms with E-state index in [1.54, 1.807) is 18.2 Å². The number of halogens is 1. The van der Waals surface area contributed by atoms with Gasteiger partial charge in [0.15, 0.2) is 11.5 Å². The molecule has 0 aliphatic rings. The zero-order chi connectivity index (χ0) is 14.8. The molecule has 4 heteroatoms. The molecule has 0 saturated carbocycles. The first-order valence-electron chi connectivity index (χ1n) is 6.20. The third-order valence-electron chi connectivity index (χ3n) is 2.29. The fourth-order valence-electron chi connectivity index (χ4n) is 1.50. The normalized spacial score (nSPS) is 9.65. The molecule has 0 fully saturated rings. The summed E-state index contributed by atoms with van der Waals surface area (Å²) in [7, 11) is 0. The van der Waals surface area contributed by atoms with E-state index in [9.17, 15) is 0 Å². The molecule has 0 spiro atoms. The van der Waals surface area contributed by atoms with E-state index in [0.29, 0.717) is 42.4 Å². The summed E-state index contributed by atoms with van der Waals surface area (Å²) >= 11 is 3.43. The lowest BCUT2D eigenvalue weighted by atomic mass is 10.2. The highest BCUT2D eigenvalue weighted by molar-refractivity contribution is 9.08. The molecule has 20 heavy (non-hydrogen) atoms. The largest absolute Gasteiger partial charge is 0.485 e. The maximum absolute atomic E-state index is 5.66. The van der Waals surface area contributed by atoms with Gasteiger partial charge in [-0.15, -0.1) is 0 Å². The summed E-state index contributed by atoms with van der Waals surface area (Å²) in [5.74, 6) is 1.82. The summed E-state index contributed by atoms with van der Waals surface area (Å²) in [6.45, 7) is 12.1. The summed E-state index contributed by atoms with van der Waals surface area (Å²) in [4.78, 5) is 0. The van der Waals surface area contributed by atoms with Crippen LogP contribution in [0, 0.1) is 0 Å². The topological polar surface area (TPSA) is 27.7 Å². The molecule has 0 aliphatic heterocycles. The number of hydrogen-bond acceptors (Lipinski definition) is 3. The van der Waals surface area contributed by atoms with Crippen LogP contribution in [-0.4, -0.2) is 19.8 Å². The van der Waals surface area contributed by atoms with Crippen molar-refractivity contribution < 1.29 is 14.2 Å². The SMILES string of the molecule is C=CCOc1cc(CBr)cc(OCC=C)c1OCC=C. The molecule has 1 aromatic rings. The van der Waals surface area contributed by atoms with E-state index in [-0.39, 0.29) is 0 Å². The predicted molar refractivity (Wildman–Crippen MR) is 86.1 cm³/mol. The highest BCUT2D eigenvalue weighted by atomic mass is 79.9. The van der Waals surface area contributed by atoms with Crippen LogP contribution >= 0.6 is 15.9 Å². The monoisotopic (exact) mass is 338 g/mol.